The Morgan fingerprint density at radius 1 is 1.56 bits per heavy atom. The number of alkyl halides is 1. The quantitative estimate of drug-likeness (QED) is 0.370. The zero-order chi connectivity index (χ0) is 12.3. The highest BCUT2D eigenvalue weighted by atomic mass is 79.9. The number of non-ortho nitro benzene ring substituents is 1. The van der Waals surface area contributed by atoms with Crippen LogP contribution in [0.4, 0.5) is 5.69 Å². The molecule has 0 amide bonds. The van der Waals surface area contributed by atoms with Crippen molar-refractivity contribution >= 4 is 27.4 Å². The summed E-state index contributed by atoms with van der Waals surface area (Å²) < 4.78 is 0. The predicted molar refractivity (Wildman–Crippen MR) is 65.2 cm³/mol. The van der Waals surface area contributed by atoms with E-state index in [4.69, 9.17) is 0 Å². The smallest absolute Gasteiger partial charge is 0.270 e. The second kappa shape index (κ2) is 5.21. The summed E-state index contributed by atoms with van der Waals surface area (Å²) in [7, 11) is 0. The highest BCUT2D eigenvalue weighted by Crippen LogP contribution is 2.21. The molecule has 0 aliphatic carbocycles. The van der Waals surface area contributed by atoms with Gasteiger partial charge in [0, 0.05) is 17.7 Å². The number of nitrogens with zero attached hydrogens (tertiary/aromatic N) is 1. The number of hydrogen-bond acceptors (Lipinski definition) is 3. The first-order valence-corrected chi connectivity index (χ1v) is 5.84. The number of ketones is 1. The van der Waals surface area contributed by atoms with Gasteiger partial charge in [-0.25, -0.2) is 0 Å². The van der Waals surface area contributed by atoms with Crippen LogP contribution in [-0.4, -0.2) is 15.5 Å². The summed E-state index contributed by atoms with van der Waals surface area (Å²) in [5.41, 5.74) is 1.22. The zero-order valence-corrected chi connectivity index (χ0v) is 10.7. The lowest BCUT2D eigenvalue weighted by Crippen LogP contribution is -2.12. The van der Waals surface area contributed by atoms with Gasteiger partial charge in [-0.1, -0.05) is 28.9 Å². The third kappa shape index (κ3) is 2.66. The number of aryl methyl sites for hydroxylation is 1. The van der Waals surface area contributed by atoms with Crippen LogP contribution in [0.25, 0.3) is 0 Å². The molecule has 0 radical (unpaired) electrons. The van der Waals surface area contributed by atoms with Crippen molar-refractivity contribution in [1.29, 1.82) is 0 Å². The normalized spacial score (nSPS) is 12.2. The molecule has 0 N–H and O–H groups in total. The topological polar surface area (TPSA) is 60.2 Å². The number of carbonyl (C=O) groups excluding carboxylic acids is 1. The van der Waals surface area contributed by atoms with Gasteiger partial charge in [-0.15, -0.1) is 0 Å². The van der Waals surface area contributed by atoms with Crippen LogP contribution in [0.15, 0.2) is 18.2 Å². The minimum absolute atomic E-state index is 0.0475. The fourth-order valence-electron chi connectivity index (χ4n) is 1.43. The lowest BCUT2D eigenvalue weighted by atomic mass is 9.99. The van der Waals surface area contributed by atoms with Crippen LogP contribution in [0.2, 0.25) is 0 Å². The van der Waals surface area contributed by atoms with Crippen LogP contribution in [0.5, 0.6) is 0 Å². The molecule has 0 heterocycles. The molecular weight excluding hydrogens is 274 g/mol. The van der Waals surface area contributed by atoms with E-state index in [1.165, 1.54) is 12.1 Å². The van der Waals surface area contributed by atoms with Crippen molar-refractivity contribution < 1.29 is 9.72 Å². The van der Waals surface area contributed by atoms with Crippen LogP contribution in [0, 0.1) is 10.1 Å². The van der Waals surface area contributed by atoms with E-state index in [2.05, 4.69) is 15.9 Å². The van der Waals surface area contributed by atoms with E-state index in [9.17, 15) is 14.9 Å². The number of nitro groups is 1. The van der Waals surface area contributed by atoms with Crippen molar-refractivity contribution in [1.82, 2.24) is 0 Å². The molecule has 0 saturated carbocycles. The van der Waals surface area contributed by atoms with Crippen LogP contribution >= 0.6 is 15.9 Å². The van der Waals surface area contributed by atoms with Gasteiger partial charge in [0.1, 0.15) is 0 Å². The van der Waals surface area contributed by atoms with E-state index in [-0.39, 0.29) is 16.3 Å². The molecule has 0 saturated heterocycles. The maximum absolute atomic E-state index is 11.8. The number of Topliss-reactive ketones (excluding diaryl/α,β-unsaturated/α-hetero) is 1. The third-order valence-electron chi connectivity index (χ3n) is 2.31. The van der Waals surface area contributed by atoms with Gasteiger partial charge in [0.2, 0.25) is 0 Å². The molecule has 1 unspecified atom stereocenters. The van der Waals surface area contributed by atoms with E-state index in [0.29, 0.717) is 12.0 Å². The van der Waals surface area contributed by atoms with Gasteiger partial charge in [-0.2, -0.15) is 0 Å². The fraction of sp³-hybridized carbons (Fsp3) is 0.364. The van der Waals surface area contributed by atoms with Crippen molar-refractivity contribution in [3.05, 3.63) is 39.4 Å². The number of benzene rings is 1. The molecule has 16 heavy (non-hydrogen) atoms. The minimum atomic E-state index is -0.491. The van der Waals surface area contributed by atoms with E-state index in [1.807, 2.05) is 6.92 Å². The van der Waals surface area contributed by atoms with E-state index in [0.717, 1.165) is 5.56 Å². The first kappa shape index (κ1) is 12.8. The summed E-state index contributed by atoms with van der Waals surface area (Å²) in [6.07, 6.45) is 0.679. The molecule has 4 nitrogen and oxygen atoms in total. The molecule has 5 heteroatoms. The van der Waals surface area contributed by atoms with Crippen molar-refractivity contribution in [2.75, 3.05) is 0 Å². The Bertz CT molecular complexity index is 429. The zero-order valence-electron chi connectivity index (χ0n) is 9.07. The van der Waals surface area contributed by atoms with Gasteiger partial charge >= 0.3 is 0 Å². The predicted octanol–water partition coefficient (Wildman–Crippen LogP) is 3.12. The average Bonchev–Trinajstić information content (AvgIpc) is 2.26. The number of nitro benzene ring substituents is 1. The summed E-state index contributed by atoms with van der Waals surface area (Å²) in [4.78, 5) is 21.6. The first-order valence-electron chi connectivity index (χ1n) is 4.93. The molecule has 0 bridgehead atoms. The Morgan fingerprint density at radius 3 is 2.62 bits per heavy atom. The Morgan fingerprint density at radius 2 is 2.19 bits per heavy atom. The van der Waals surface area contributed by atoms with Gasteiger partial charge in [-0.05, 0) is 18.9 Å². The minimum Gasteiger partial charge on any atom is -0.293 e. The second-order valence-corrected chi connectivity index (χ2v) is 4.81. The number of hydrogen-bond donors (Lipinski definition) is 0. The molecule has 0 aliphatic heterocycles. The summed E-state index contributed by atoms with van der Waals surface area (Å²) >= 11 is 3.18. The third-order valence-corrected chi connectivity index (χ3v) is 2.73. The monoisotopic (exact) mass is 285 g/mol. The molecule has 86 valence electrons. The first-order chi connectivity index (χ1) is 7.47. The number of carbonyl (C=O) groups is 1. The van der Waals surface area contributed by atoms with Crippen molar-refractivity contribution in [2.24, 2.45) is 0 Å². The van der Waals surface area contributed by atoms with Crippen LogP contribution < -0.4 is 0 Å². The van der Waals surface area contributed by atoms with Crippen molar-refractivity contribution in [3.63, 3.8) is 0 Å². The van der Waals surface area contributed by atoms with E-state index >= 15 is 0 Å². The molecule has 1 atom stereocenters. The van der Waals surface area contributed by atoms with Gasteiger partial charge in [-0.3, -0.25) is 14.9 Å². The van der Waals surface area contributed by atoms with Crippen LogP contribution in [0.1, 0.15) is 29.8 Å². The highest BCUT2D eigenvalue weighted by molar-refractivity contribution is 9.10. The Kier molecular flexibility index (Phi) is 4.18. The second-order valence-electron chi connectivity index (χ2n) is 3.43. The number of halogens is 1. The molecule has 0 fully saturated rings. The maximum Gasteiger partial charge on any atom is 0.270 e. The lowest BCUT2D eigenvalue weighted by Gasteiger charge is -2.08. The van der Waals surface area contributed by atoms with Crippen molar-refractivity contribution in [2.45, 2.75) is 25.1 Å². The highest BCUT2D eigenvalue weighted by Gasteiger charge is 2.18. The SMILES string of the molecule is CCc1ccc([N+](=O)[O-])cc1C(=O)C(C)Br. The van der Waals surface area contributed by atoms with Crippen LogP contribution in [0.3, 0.4) is 0 Å². The summed E-state index contributed by atoms with van der Waals surface area (Å²) in [6, 6.07) is 4.41. The van der Waals surface area contributed by atoms with Gasteiger partial charge < -0.3 is 0 Å². The molecule has 0 aliphatic rings. The van der Waals surface area contributed by atoms with Crippen molar-refractivity contribution in [3.8, 4) is 0 Å². The van der Waals surface area contributed by atoms with Gasteiger partial charge in [0.25, 0.3) is 5.69 Å². The Hall–Kier alpha value is -1.23. The van der Waals surface area contributed by atoms with E-state index in [1.54, 1.807) is 13.0 Å². The standard InChI is InChI=1S/C11H12BrNO3/c1-3-8-4-5-9(13(15)16)6-10(8)11(14)7(2)12/h4-7H,3H2,1-2H3. The van der Waals surface area contributed by atoms with Gasteiger partial charge in [0.05, 0.1) is 9.75 Å². The summed E-state index contributed by atoms with van der Waals surface area (Å²) in [5, 5.41) is 10.6. The molecule has 0 spiro atoms. The van der Waals surface area contributed by atoms with E-state index < -0.39 is 4.92 Å². The molecule has 1 aromatic rings. The summed E-state index contributed by atoms with van der Waals surface area (Å²) in [6.45, 7) is 3.62. The Labute approximate surface area is 102 Å². The summed E-state index contributed by atoms with van der Waals surface area (Å²) in [5.74, 6) is -0.124. The Balaban J connectivity index is 3.27. The largest absolute Gasteiger partial charge is 0.293 e. The number of rotatable bonds is 4. The lowest BCUT2D eigenvalue weighted by molar-refractivity contribution is -0.384. The maximum atomic E-state index is 11.8. The van der Waals surface area contributed by atoms with Gasteiger partial charge in [0.15, 0.2) is 5.78 Å². The molecule has 1 rings (SSSR count). The molecule has 0 aromatic heterocycles. The molecular formula is C11H12BrNO3. The average molecular weight is 286 g/mol. The van der Waals surface area contributed by atoms with Crippen LogP contribution in [-0.2, 0) is 6.42 Å². The fourth-order valence-corrected chi connectivity index (χ4v) is 1.68. The molecule has 1 aromatic carbocycles.